The Balaban J connectivity index is 2.02. The van der Waals surface area contributed by atoms with Crippen LogP contribution in [0.15, 0.2) is 6.20 Å². The summed E-state index contributed by atoms with van der Waals surface area (Å²) in [5.74, 6) is 0. The van der Waals surface area contributed by atoms with Crippen LogP contribution in [-0.4, -0.2) is 31.3 Å². The van der Waals surface area contributed by atoms with Crippen molar-refractivity contribution in [1.82, 2.24) is 4.98 Å². The number of methoxy groups -OCH3 is 1. The largest absolute Gasteiger partial charge is 0.473 e. The second-order valence-corrected chi connectivity index (χ2v) is 3.92. The molecule has 0 aromatic carbocycles. The minimum absolute atomic E-state index is 0.00639. The standard InChI is InChI=1S/C8H12N2O3S/c1-11-8-10-3-6(14-8)7-12-4-5(2-9)13-7/h3,5,7H,2,4,9H2,1H3. The van der Waals surface area contributed by atoms with Gasteiger partial charge < -0.3 is 19.9 Å². The Morgan fingerprint density at radius 1 is 1.79 bits per heavy atom. The fourth-order valence-electron chi connectivity index (χ4n) is 1.19. The number of nitrogens with zero attached hydrogens (tertiary/aromatic N) is 1. The summed E-state index contributed by atoms with van der Waals surface area (Å²) in [4.78, 5) is 4.95. The van der Waals surface area contributed by atoms with Gasteiger partial charge in [-0.2, -0.15) is 0 Å². The van der Waals surface area contributed by atoms with Gasteiger partial charge in [0, 0.05) is 6.54 Å². The van der Waals surface area contributed by atoms with Crippen molar-refractivity contribution in [3.8, 4) is 5.19 Å². The first-order valence-corrected chi connectivity index (χ1v) is 5.12. The van der Waals surface area contributed by atoms with Crippen LogP contribution in [0.3, 0.4) is 0 Å². The fraction of sp³-hybridized carbons (Fsp3) is 0.625. The summed E-state index contributed by atoms with van der Waals surface area (Å²) in [6, 6.07) is 0. The molecule has 1 aliphatic rings. The Kier molecular flexibility index (Phi) is 2.97. The smallest absolute Gasteiger partial charge is 0.273 e. The average molecular weight is 216 g/mol. The van der Waals surface area contributed by atoms with Crippen molar-refractivity contribution in [1.29, 1.82) is 0 Å². The van der Waals surface area contributed by atoms with Gasteiger partial charge in [0.25, 0.3) is 5.19 Å². The minimum Gasteiger partial charge on any atom is -0.473 e. The molecular formula is C8H12N2O3S. The Labute approximate surface area is 85.8 Å². The van der Waals surface area contributed by atoms with Crippen molar-refractivity contribution < 1.29 is 14.2 Å². The number of nitrogens with two attached hydrogens (primary N) is 1. The summed E-state index contributed by atoms with van der Waals surface area (Å²) in [6.45, 7) is 1.02. The molecule has 1 aromatic rings. The number of aromatic nitrogens is 1. The van der Waals surface area contributed by atoms with Gasteiger partial charge in [0.1, 0.15) is 0 Å². The molecule has 1 fully saturated rings. The zero-order chi connectivity index (χ0) is 9.97. The summed E-state index contributed by atoms with van der Waals surface area (Å²) in [6.07, 6.45) is 1.37. The van der Waals surface area contributed by atoms with Gasteiger partial charge in [-0.3, -0.25) is 0 Å². The van der Waals surface area contributed by atoms with Crippen molar-refractivity contribution in [2.75, 3.05) is 20.3 Å². The molecule has 1 aliphatic heterocycles. The normalized spacial score (nSPS) is 26.7. The van der Waals surface area contributed by atoms with E-state index in [-0.39, 0.29) is 12.4 Å². The number of rotatable bonds is 3. The van der Waals surface area contributed by atoms with Crippen LogP contribution in [-0.2, 0) is 9.47 Å². The van der Waals surface area contributed by atoms with Crippen LogP contribution in [0.4, 0.5) is 0 Å². The van der Waals surface area contributed by atoms with Crippen LogP contribution in [0.5, 0.6) is 5.19 Å². The fourth-order valence-corrected chi connectivity index (χ4v) is 1.91. The third-order valence-corrected chi connectivity index (χ3v) is 2.90. The number of thiazole rings is 1. The molecule has 78 valence electrons. The molecule has 0 amide bonds. The zero-order valence-corrected chi connectivity index (χ0v) is 8.62. The Morgan fingerprint density at radius 3 is 3.21 bits per heavy atom. The summed E-state index contributed by atoms with van der Waals surface area (Å²) >= 11 is 1.42. The second kappa shape index (κ2) is 4.22. The minimum atomic E-state index is -0.329. The van der Waals surface area contributed by atoms with Crippen molar-refractivity contribution in [3.05, 3.63) is 11.1 Å². The van der Waals surface area contributed by atoms with Gasteiger partial charge in [0.2, 0.25) is 0 Å². The molecule has 0 spiro atoms. The molecule has 14 heavy (non-hydrogen) atoms. The van der Waals surface area contributed by atoms with E-state index in [0.717, 1.165) is 4.88 Å². The van der Waals surface area contributed by atoms with Gasteiger partial charge in [-0.05, 0) is 0 Å². The van der Waals surface area contributed by atoms with Crippen LogP contribution in [0.2, 0.25) is 0 Å². The zero-order valence-electron chi connectivity index (χ0n) is 7.80. The monoisotopic (exact) mass is 216 g/mol. The van der Waals surface area contributed by atoms with E-state index in [1.807, 2.05) is 0 Å². The first kappa shape index (κ1) is 9.85. The molecule has 6 heteroatoms. The van der Waals surface area contributed by atoms with Gasteiger partial charge in [-0.15, -0.1) is 0 Å². The molecular weight excluding hydrogens is 204 g/mol. The highest BCUT2D eigenvalue weighted by Gasteiger charge is 2.27. The molecule has 2 N–H and O–H groups in total. The van der Waals surface area contributed by atoms with E-state index in [1.165, 1.54) is 11.3 Å². The molecule has 5 nitrogen and oxygen atoms in total. The highest BCUT2D eigenvalue weighted by Crippen LogP contribution is 2.32. The number of ether oxygens (including phenoxy) is 3. The lowest BCUT2D eigenvalue weighted by atomic mass is 10.4. The second-order valence-electron chi connectivity index (χ2n) is 2.89. The maximum atomic E-state index is 5.52. The molecule has 0 saturated carbocycles. The van der Waals surface area contributed by atoms with Crippen molar-refractivity contribution in [2.45, 2.75) is 12.4 Å². The van der Waals surface area contributed by atoms with E-state index in [1.54, 1.807) is 13.3 Å². The Hall–Kier alpha value is -0.690. The molecule has 2 heterocycles. The van der Waals surface area contributed by atoms with E-state index in [9.17, 15) is 0 Å². The summed E-state index contributed by atoms with van der Waals surface area (Å²) in [7, 11) is 1.58. The lowest BCUT2D eigenvalue weighted by Crippen LogP contribution is -2.21. The maximum Gasteiger partial charge on any atom is 0.273 e. The predicted molar refractivity (Wildman–Crippen MR) is 51.3 cm³/mol. The predicted octanol–water partition coefficient (Wildman–Crippen LogP) is 0.524. The molecule has 1 aromatic heterocycles. The number of hydrogen-bond donors (Lipinski definition) is 1. The van der Waals surface area contributed by atoms with Crippen molar-refractivity contribution >= 4 is 11.3 Å². The Bertz CT molecular complexity index is 305. The molecule has 0 radical (unpaired) electrons. The van der Waals surface area contributed by atoms with E-state index >= 15 is 0 Å². The molecule has 0 aliphatic carbocycles. The average Bonchev–Trinajstić information content (AvgIpc) is 2.86. The Morgan fingerprint density at radius 2 is 2.64 bits per heavy atom. The highest BCUT2D eigenvalue weighted by molar-refractivity contribution is 7.13. The molecule has 2 unspecified atom stereocenters. The van der Waals surface area contributed by atoms with Gasteiger partial charge in [0.05, 0.1) is 30.9 Å². The summed E-state index contributed by atoms with van der Waals surface area (Å²) in [5, 5.41) is 0.614. The maximum absolute atomic E-state index is 5.52. The van der Waals surface area contributed by atoms with Crippen molar-refractivity contribution in [3.63, 3.8) is 0 Å². The van der Waals surface area contributed by atoms with E-state index in [0.29, 0.717) is 18.3 Å². The number of hydrogen-bond acceptors (Lipinski definition) is 6. The highest BCUT2D eigenvalue weighted by atomic mass is 32.1. The van der Waals surface area contributed by atoms with Gasteiger partial charge in [0.15, 0.2) is 6.29 Å². The lowest BCUT2D eigenvalue weighted by molar-refractivity contribution is -0.0560. The summed E-state index contributed by atoms with van der Waals surface area (Å²) < 4.78 is 15.9. The third kappa shape index (κ3) is 1.88. The quantitative estimate of drug-likeness (QED) is 0.798. The van der Waals surface area contributed by atoms with E-state index in [2.05, 4.69) is 4.98 Å². The molecule has 2 rings (SSSR count). The molecule has 1 saturated heterocycles. The van der Waals surface area contributed by atoms with Crippen LogP contribution in [0, 0.1) is 0 Å². The van der Waals surface area contributed by atoms with E-state index < -0.39 is 0 Å². The topological polar surface area (TPSA) is 66.6 Å². The third-order valence-electron chi connectivity index (χ3n) is 1.92. The van der Waals surface area contributed by atoms with Gasteiger partial charge >= 0.3 is 0 Å². The molecule has 0 bridgehead atoms. The van der Waals surface area contributed by atoms with Crippen LogP contribution < -0.4 is 10.5 Å². The molecule has 2 atom stereocenters. The van der Waals surface area contributed by atoms with Crippen LogP contribution in [0.1, 0.15) is 11.2 Å². The first-order chi connectivity index (χ1) is 6.83. The van der Waals surface area contributed by atoms with Gasteiger partial charge in [-0.25, -0.2) is 4.98 Å². The summed E-state index contributed by atoms with van der Waals surface area (Å²) in [5.41, 5.74) is 5.46. The SMILES string of the molecule is COc1ncc(C2OCC(CN)O2)s1. The lowest BCUT2D eigenvalue weighted by Gasteiger charge is -2.06. The van der Waals surface area contributed by atoms with E-state index in [4.69, 9.17) is 19.9 Å². The van der Waals surface area contributed by atoms with Crippen molar-refractivity contribution in [2.24, 2.45) is 5.73 Å². The van der Waals surface area contributed by atoms with Crippen LogP contribution in [0.25, 0.3) is 0 Å². The van der Waals surface area contributed by atoms with Crippen LogP contribution >= 0.6 is 11.3 Å². The van der Waals surface area contributed by atoms with Gasteiger partial charge in [-0.1, -0.05) is 11.3 Å². The first-order valence-electron chi connectivity index (χ1n) is 4.30.